The summed E-state index contributed by atoms with van der Waals surface area (Å²) in [7, 11) is 1.67. The van der Waals surface area contributed by atoms with Gasteiger partial charge < -0.3 is 19.0 Å². The van der Waals surface area contributed by atoms with Gasteiger partial charge in [0.05, 0.1) is 45.6 Å². The van der Waals surface area contributed by atoms with Crippen molar-refractivity contribution in [2.75, 3.05) is 39.9 Å². The number of nitrogens with zero attached hydrogens (tertiary/aromatic N) is 5. The Kier molecular flexibility index (Phi) is 6.20. The molecule has 9 heteroatoms. The van der Waals surface area contributed by atoms with Crippen molar-refractivity contribution < 1.29 is 18.8 Å². The van der Waals surface area contributed by atoms with Gasteiger partial charge in [0.2, 0.25) is 5.82 Å². The van der Waals surface area contributed by atoms with Crippen LogP contribution in [0.1, 0.15) is 33.5 Å². The largest absolute Gasteiger partial charge is 0.459 e. The summed E-state index contributed by atoms with van der Waals surface area (Å²) in [5.74, 6) is 1.14. The molecule has 1 amide bonds. The summed E-state index contributed by atoms with van der Waals surface area (Å²) in [5.41, 5.74) is 2.37. The summed E-state index contributed by atoms with van der Waals surface area (Å²) in [5, 5.41) is 12.5. The summed E-state index contributed by atoms with van der Waals surface area (Å²) in [4.78, 5) is 15.8. The van der Waals surface area contributed by atoms with Crippen LogP contribution < -0.4 is 4.90 Å². The predicted molar refractivity (Wildman–Crippen MR) is 108 cm³/mol. The number of rotatable bonds is 7. The van der Waals surface area contributed by atoms with Crippen molar-refractivity contribution in [1.82, 2.24) is 25.1 Å². The standard InChI is InChI=1S/C21H26N6O3/c1-16-5-7-17(8-6-16)19(20-22-23-24-27(20)13-15-29-2)25-9-11-26(12-10-25)21(28)18-4-3-14-30-18/h3-8,14,19H,9-13,15H2,1-2H3/p+1/t19-/m1/s1. The third kappa shape index (κ3) is 4.27. The van der Waals surface area contributed by atoms with E-state index in [9.17, 15) is 4.79 Å². The molecule has 0 unspecified atom stereocenters. The van der Waals surface area contributed by atoms with E-state index in [0.29, 0.717) is 32.0 Å². The highest BCUT2D eigenvalue weighted by molar-refractivity contribution is 5.91. The maximum atomic E-state index is 12.6. The van der Waals surface area contributed by atoms with Gasteiger partial charge in [-0.25, -0.2) is 4.68 Å². The Hall–Kier alpha value is -3.04. The van der Waals surface area contributed by atoms with E-state index in [0.717, 1.165) is 24.5 Å². The first kappa shape index (κ1) is 20.2. The Balaban J connectivity index is 1.56. The highest BCUT2D eigenvalue weighted by Crippen LogP contribution is 2.18. The molecule has 1 fully saturated rings. The lowest BCUT2D eigenvalue weighted by molar-refractivity contribution is -0.930. The Morgan fingerprint density at radius 3 is 2.67 bits per heavy atom. The Morgan fingerprint density at radius 2 is 2.00 bits per heavy atom. The van der Waals surface area contributed by atoms with Gasteiger partial charge >= 0.3 is 0 Å². The fourth-order valence-corrected chi connectivity index (χ4v) is 3.92. The molecule has 1 aromatic carbocycles. The zero-order chi connectivity index (χ0) is 20.9. The van der Waals surface area contributed by atoms with Crippen LogP contribution in [-0.2, 0) is 11.3 Å². The van der Waals surface area contributed by atoms with Crippen molar-refractivity contribution in [3.05, 3.63) is 65.4 Å². The molecule has 1 aliphatic rings. The Bertz CT molecular complexity index is 946. The third-order valence-corrected chi connectivity index (χ3v) is 5.57. The number of piperazine rings is 1. The number of aryl methyl sites for hydroxylation is 1. The second-order valence-electron chi connectivity index (χ2n) is 7.52. The molecule has 158 valence electrons. The number of tetrazole rings is 1. The molecule has 2 aromatic heterocycles. The predicted octanol–water partition coefficient (Wildman–Crippen LogP) is 0.351. The number of amides is 1. The van der Waals surface area contributed by atoms with Crippen molar-refractivity contribution in [3.63, 3.8) is 0 Å². The van der Waals surface area contributed by atoms with Crippen LogP contribution in [0, 0.1) is 6.92 Å². The van der Waals surface area contributed by atoms with Crippen molar-refractivity contribution in [1.29, 1.82) is 0 Å². The van der Waals surface area contributed by atoms with Gasteiger partial charge in [-0.3, -0.25) is 4.79 Å². The summed E-state index contributed by atoms with van der Waals surface area (Å²) >= 11 is 0. The number of ether oxygens (including phenoxy) is 1. The molecule has 3 heterocycles. The van der Waals surface area contributed by atoms with Crippen LogP contribution in [0.15, 0.2) is 47.1 Å². The molecule has 1 atom stereocenters. The molecule has 4 rings (SSSR count). The van der Waals surface area contributed by atoms with E-state index in [1.165, 1.54) is 16.7 Å². The second-order valence-corrected chi connectivity index (χ2v) is 7.52. The monoisotopic (exact) mass is 411 g/mol. The molecule has 1 N–H and O–H groups in total. The maximum Gasteiger partial charge on any atom is 0.289 e. The molecule has 1 saturated heterocycles. The van der Waals surface area contributed by atoms with Gasteiger partial charge in [0.15, 0.2) is 11.8 Å². The smallest absolute Gasteiger partial charge is 0.289 e. The van der Waals surface area contributed by atoms with Crippen LogP contribution in [0.4, 0.5) is 0 Å². The molecule has 0 spiro atoms. The molecule has 1 aliphatic heterocycles. The lowest BCUT2D eigenvalue weighted by Gasteiger charge is -2.36. The summed E-state index contributed by atoms with van der Waals surface area (Å²) in [6.45, 7) is 6.10. The van der Waals surface area contributed by atoms with Gasteiger partial charge in [0.1, 0.15) is 0 Å². The van der Waals surface area contributed by atoms with Gasteiger partial charge in [-0.2, -0.15) is 0 Å². The second kappa shape index (κ2) is 9.19. The number of hydrogen-bond donors (Lipinski definition) is 1. The highest BCUT2D eigenvalue weighted by atomic mass is 16.5. The molecular weight excluding hydrogens is 384 g/mol. The fraction of sp³-hybridized carbons (Fsp3) is 0.429. The summed E-state index contributed by atoms with van der Waals surface area (Å²) in [6, 6.07) is 11.9. The minimum Gasteiger partial charge on any atom is -0.459 e. The first-order valence-corrected chi connectivity index (χ1v) is 10.2. The zero-order valence-electron chi connectivity index (χ0n) is 17.3. The van der Waals surface area contributed by atoms with Crippen LogP contribution in [0.3, 0.4) is 0 Å². The quantitative estimate of drug-likeness (QED) is 0.603. The number of hydrogen-bond acceptors (Lipinski definition) is 6. The van der Waals surface area contributed by atoms with Crippen LogP contribution in [0.5, 0.6) is 0 Å². The average molecular weight is 411 g/mol. The van der Waals surface area contributed by atoms with E-state index in [1.807, 2.05) is 9.58 Å². The molecule has 3 aromatic rings. The van der Waals surface area contributed by atoms with E-state index >= 15 is 0 Å². The molecular formula is C21H27N6O3+. The molecule has 0 bridgehead atoms. The molecule has 9 nitrogen and oxygen atoms in total. The average Bonchev–Trinajstić information content (AvgIpc) is 3.46. The molecule has 30 heavy (non-hydrogen) atoms. The minimum atomic E-state index is -0.0594. The van der Waals surface area contributed by atoms with E-state index in [-0.39, 0.29) is 11.9 Å². The number of carbonyl (C=O) groups excluding carboxylic acids is 1. The van der Waals surface area contributed by atoms with Crippen LogP contribution in [0.2, 0.25) is 0 Å². The van der Waals surface area contributed by atoms with Crippen LogP contribution in [-0.4, -0.2) is 70.9 Å². The number of carbonyl (C=O) groups is 1. The van der Waals surface area contributed by atoms with Gasteiger partial charge in [-0.1, -0.05) is 29.8 Å². The zero-order valence-corrected chi connectivity index (χ0v) is 17.3. The number of quaternary nitrogens is 1. The van der Waals surface area contributed by atoms with Crippen LogP contribution >= 0.6 is 0 Å². The first-order chi connectivity index (χ1) is 14.7. The fourth-order valence-electron chi connectivity index (χ4n) is 3.92. The summed E-state index contributed by atoms with van der Waals surface area (Å²) < 4.78 is 12.3. The van der Waals surface area contributed by atoms with E-state index in [4.69, 9.17) is 9.15 Å². The van der Waals surface area contributed by atoms with Crippen molar-refractivity contribution >= 4 is 5.91 Å². The number of methoxy groups -OCH3 is 1. The SMILES string of the molecule is COCCn1nnnc1[C@@H](c1ccc(C)cc1)[NH+]1CCN(C(=O)c2ccco2)CC1. The first-order valence-electron chi connectivity index (χ1n) is 10.2. The lowest BCUT2D eigenvalue weighted by atomic mass is 10.0. The van der Waals surface area contributed by atoms with Gasteiger partial charge in [0.25, 0.3) is 5.91 Å². The minimum absolute atomic E-state index is 0.0154. The van der Waals surface area contributed by atoms with Crippen molar-refractivity contribution in [2.45, 2.75) is 19.5 Å². The molecule has 0 radical (unpaired) electrons. The lowest BCUT2D eigenvalue weighted by Crippen LogP contribution is -3.15. The van der Waals surface area contributed by atoms with E-state index in [1.54, 1.807) is 19.2 Å². The number of furan rings is 1. The third-order valence-electron chi connectivity index (χ3n) is 5.57. The number of nitrogens with one attached hydrogen (secondary N) is 1. The maximum absolute atomic E-state index is 12.6. The number of aromatic nitrogens is 4. The van der Waals surface area contributed by atoms with Crippen molar-refractivity contribution in [2.24, 2.45) is 0 Å². The van der Waals surface area contributed by atoms with Gasteiger partial charge in [-0.15, -0.1) is 5.10 Å². The molecule has 0 aliphatic carbocycles. The Morgan fingerprint density at radius 1 is 1.23 bits per heavy atom. The normalized spacial score (nSPS) is 16.0. The van der Waals surface area contributed by atoms with Crippen molar-refractivity contribution in [3.8, 4) is 0 Å². The molecule has 0 saturated carbocycles. The highest BCUT2D eigenvalue weighted by Gasteiger charge is 2.35. The van der Waals surface area contributed by atoms with Gasteiger partial charge in [-0.05, 0) is 29.5 Å². The summed E-state index contributed by atoms with van der Waals surface area (Å²) in [6.07, 6.45) is 1.53. The van der Waals surface area contributed by atoms with Gasteiger partial charge in [0, 0.05) is 12.7 Å². The Labute approximate surface area is 175 Å². The van der Waals surface area contributed by atoms with E-state index < -0.39 is 0 Å². The number of benzene rings is 1. The topological polar surface area (TPSA) is 90.7 Å². The van der Waals surface area contributed by atoms with E-state index in [2.05, 4.69) is 46.7 Å². The van der Waals surface area contributed by atoms with Crippen LogP contribution in [0.25, 0.3) is 0 Å².